The second kappa shape index (κ2) is 4.31. The van der Waals surface area contributed by atoms with Crippen LogP contribution in [0.1, 0.15) is 0 Å². The summed E-state index contributed by atoms with van der Waals surface area (Å²) in [6, 6.07) is 7.41. The fraction of sp³-hybridized carbons (Fsp3) is 0.300. The molecule has 2 rings (SSSR count). The molecule has 0 amide bonds. The third-order valence-electron chi connectivity index (χ3n) is 2.02. The first-order valence-corrected chi connectivity index (χ1v) is 5.50. The molecule has 0 saturated carbocycles. The number of para-hydroxylation sites is 1. The van der Waals surface area contributed by atoms with Crippen LogP contribution in [0.5, 0.6) is 0 Å². The van der Waals surface area contributed by atoms with Crippen molar-refractivity contribution in [1.29, 1.82) is 0 Å². The summed E-state index contributed by atoms with van der Waals surface area (Å²) in [6.07, 6.45) is 0. The van der Waals surface area contributed by atoms with Crippen molar-refractivity contribution in [3.05, 3.63) is 24.3 Å². The number of hydrogen-bond acceptors (Lipinski definition) is 4. The quantitative estimate of drug-likeness (QED) is 0.867. The van der Waals surface area contributed by atoms with E-state index in [4.69, 9.17) is 5.11 Å². The second-order valence-corrected chi connectivity index (χ2v) is 4.39. The number of fused-ring (bicyclic) bond motifs is 1. The largest absolute Gasteiger partial charge is 0.390 e. The normalized spacial score (nSPS) is 11.9. The Balaban J connectivity index is 2.10. The number of anilines is 1. The van der Waals surface area contributed by atoms with Crippen LogP contribution in [0.4, 0.5) is 13.9 Å². The number of halogens is 2. The van der Waals surface area contributed by atoms with Crippen LogP contribution >= 0.6 is 11.3 Å². The average molecular weight is 244 g/mol. The Morgan fingerprint density at radius 1 is 1.38 bits per heavy atom. The summed E-state index contributed by atoms with van der Waals surface area (Å²) < 4.78 is 26.5. The lowest BCUT2D eigenvalue weighted by Gasteiger charge is -2.12. The molecule has 0 unspecified atom stereocenters. The van der Waals surface area contributed by atoms with Gasteiger partial charge in [-0.05, 0) is 12.1 Å². The Hall–Kier alpha value is -1.27. The number of nitrogens with one attached hydrogen (secondary N) is 1. The summed E-state index contributed by atoms with van der Waals surface area (Å²) in [6.45, 7) is -1.77. The van der Waals surface area contributed by atoms with Crippen molar-refractivity contribution in [2.45, 2.75) is 5.92 Å². The predicted octanol–water partition coefficient (Wildman–Crippen LogP) is 2.34. The Morgan fingerprint density at radius 3 is 2.81 bits per heavy atom. The van der Waals surface area contributed by atoms with Crippen molar-refractivity contribution in [2.24, 2.45) is 0 Å². The van der Waals surface area contributed by atoms with E-state index >= 15 is 0 Å². The number of aromatic nitrogens is 1. The molecule has 2 N–H and O–H groups in total. The molecule has 1 aromatic heterocycles. The Labute approximate surface area is 94.7 Å². The summed E-state index contributed by atoms with van der Waals surface area (Å²) in [4.78, 5) is 4.14. The minimum absolute atomic E-state index is 0.439. The predicted molar refractivity (Wildman–Crippen MR) is 60.1 cm³/mol. The topological polar surface area (TPSA) is 45.1 Å². The minimum atomic E-state index is -3.11. The van der Waals surface area contributed by atoms with E-state index in [1.54, 1.807) is 0 Å². The van der Waals surface area contributed by atoms with Crippen LogP contribution in [0, 0.1) is 0 Å². The molecule has 0 aliphatic heterocycles. The molecular weight excluding hydrogens is 234 g/mol. The third-order valence-corrected chi connectivity index (χ3v) is 3.02. The van der Waals surface area contributed by atoms with Gasteiger partial charge in [-0.15, -0.1) is 0 Å². The smallest absolute Gasteiger partial charge is 0.287 e. The molecule has 0 aliphatic carbocycles. The van der Waals surface area contributed by atoms with E-state index in [9.17, 15) is 8.78 Å². The van der Waals surface area contributed by atoms with E-state index in [0.29, 0.717) is 5.13 Å². The highest BCUT2D eigenvalue weighted by Gasteiger charge is 2.27. The van der Waals surface area contributed by atoms with E-state index in [1.165, 1.54) is 11.3 Å². The molecule has 6 heteroatoms. The molecule has 0 radical (unpaired) electrons. The van der Waals surface area contributed by atoms with Crippen molar-refractivity contribution in [3.8, 4) is 0 Å². The van der Waals surface area contributed by atoms with Gasteiger partial charge in [-0.25, -0.2) is 13.8 Å². The van der Waals surface area contributed by atoms with E-state index < -0.39 is 19.1 Å². The average Bonchev–Trinajstić information content (AvgIpc) is 2.69. The van der Waals surface area contributed by atoms with Gasteiger partial charge >= 0.3 is 0 Å². The Morgan fingerprint density at radius 2 is 2.12 bits per heavy atom. The van der Waals surface area contributed by atoms with Gasteiger partial charge in [0.05, 0.1) is 16.8 Å². The monoisotopic (exact) mass is 244 g/mol. The molecule has 2 aromatic rings. The molecule has 0 spiro atoms. The van der Waals surface area contributed by atoms with Crippen LogP contribution in [0.15, 0.2) is 24.3 Å². The SMILES string of the molecule is OCC(F)(F)CNc1nc2ccccc2s1. The van der Waals surface area contributed by atoms with Gasteiger partial charge in [-0.3, -0.25) is 0 Å². The lowest BCUT2D eigenvalue weighted by molar-refractivity contribution is -0.0372. The van der Waals surface area contributed by atoms with Gasteiger partial charge in [0.1, 0.15) is 6.61 Å². The first-order valence-electron chi connectivity index (χ1n) is 4.69. The molecule has 0 fully saturated rings. The van der Waals surface area contributed by atoms with Gasteiger partial charge in [-0.1, -0.05) is 23.5 Å². The van der Waals surface area contributed by atoms with Crippen molar-refractivity contribution in [1.82, 2.24) is 4.98 Å². The van der Waals surface area contributed by atoms with Gasteiger partial charge in [0.2, 0.25) is 0 Å². The lowest BCUT2D eigenvalue weighted by atomic mass is 10.3. The Bertz CT molecular complexity index is 453. The molecule has 0 saturated heterocycles. The molecule has 0 bridgehead atoms. The number of hydrogen-bond donors (Lipinski definition) is 2. The number of alkyl halides is 2. The van der Waals surface area contributed by atoms with Gasteiger partial charge in [0.25, 0.3) is 5.92 Å². The van der Waals surface area contributed by atoms with E-state index in [2.05, 4.69) is 10.3 Å². The number of aliphatic hydroxyl groups is 1. The van der Waals surface area contributed by atoms with E-state index in [-0.39, 0.29) is 0 Å². The van der Waals surface area contributed by atoms with Gasteiger partial charge < -0.3 is 10.4 Å². The molecule has 3 nitrogen and oxygen atoms in total. The maximum Gasteiger partial charge on any atom is 0.287 e. The fourth-order valence-electron chi connectivity index (χ4n) is 1.21. The molecule has 16 heavy (non-hydrogen) atoms. The maximum atomic E-state index is 12.8. The fourth-order valence-corrected chi connectivity index (χ4v) is 2.07. The highest BCUT2D eigenvalue weighted by atomic mass is 32.1. The van der Waals surface area contributed by atoms with Crippen molar-refractivity contribution >= 4 is 26.7 Å². The summed E-state index contributed by atoms with van der Waals surface area (Å²) in [5.74, 6) is -3.11. The van der Waals surface area contributed by atoms with Crippen LogP contribution in [-0.2, 0) is 0 Å². The minimum Gasteiger partial charge on any atom is -0.390 e. The summed E-state index contributed by atoms with van der Waals surface area (Å²) >= 11 is 1.31. The summed E-state index contributed by atoms with van der Waals surface area (Å²) in [5.41, 5.74) is 0.780. The highest BCUT2D eigenvalue weighted by molar-refractivity contribution is 7.22. The van der Waals surface area contributed by atoms with Crippen LogP contribution in [0.3, 0.4) is 0 Å². The molecule has 1 aromatic carbocycles. The highest BCUT2D eigenvalue weighted by Crippen LogP contribution is 2.26. The standard InChI is InChI=1S/C10H10F2N2OS/c11-10(12,6-15)5-13-9-14-7-3-1-2-4-8(7)16-9/h1-4,15H,5-6H2,(H,13,14). The van der Waals surface area contributed by atoms with E-state index in [0.717, 1.165) is 10.2 Å². The molecule has 1 heterocycles. The number of aliphatic hydroxyl groups excluding tert-OH is 1. The molecular formula is C10H10F2N2OS. The maximum absolute atomic E-state index is 12.8. The van der Waals surface area contributed by atoms with Gasteiger partial charge in [0.15, 0.2) is 5.13 Å². The second-order valence-electron chi connectivity index (χ2n) is 3.35. The van der Waals surface area contributed by atoms with Crippen molar-refractivity contribution in [3.63, 3.8) is 0 Å². The van der Waals surface area contributed by atoms with Gasteiger partial charge in [-0.2, -0.15) is 0 Å². The number of benzene rings is 1. The lowest BCUT2D eigenvalue weighted by Crippen LogP contribution is -2.30. The van der Waals surface area contributed by atoms with Crippen LogP contribution < -0.4 is 5.32 Å². The van der Waals surface area contributed by atoms with Crippen molar-refractivity contribution in [2.75, 3.05) is 18.5 Å². The zero-order valence-corrected chi connectivity index (χ0v) is 9.10. The van der Waals surface area contributed by atoms with Crippen LogP contribution in [-0.4, -0.2) is 29.2 Å². The molecule has 86 valence electrons. The number of rotatable bonds is 4. The van der Waals surface area contributed by atoms with Gasteiger partial charge in [0, 0.05) is 0 Å². The number of thiazole rings is 1. The Kier molecular flexibility index (Phi) is 3.02. The zero-order chi connectivity index (χ0) is 11.6. The summed E-state index contributed by atoms with van der Waals surface area (Å²) in [5, 5.41) is 11.4. The van der Waals surface area contributed by atoms with E-state index in [1.807, 2.05) is 24.3 Å². The van der Waals surface area contributed by atoms with Crippen LogP contribution in [0.2, 0.25) is 0 Å². The summed E-state index contributed by atoms with van der Waals surface area (Å²) in [7, 11) is 0. The number of nitrogens with zero attached hydrogens (tertiary/aromatic N) is 1. The molecule has 0 atom stereocenters. The van der Waals surface area contributed by atoms with Crippen molar-refractivity contribution < 1.29 is 13.9 Å². The third kappa shape index (κ3) is 2.45. The van der Waals surface area contributed by atoms with Crippen LogP contribution in [0.25, 0.3) is 10.2 Å². The zero-order valence-electron chi connectivity index (χ0n) is 8.28. The first kappa shape index (κ1) is 11.2. The first-order chi connectivity index (χ1) is 7.61. The molecule has 0 aliphatic rings.